The molecule has 0 amide bonds. The molecule has 0 aliphatic carbocycles. The molecule has 6 heteroatoms. The van der Waals surface area contributed by atoms with Crippen LogP contribution >= 0.6 is 0 Å². The van der Waals surface area contributed by atoms with Gasteiger partial charge in [-0.2, -0.15) is 0 Å². The van der Waals surface area contributed by atoms with Crippen LogP contribution in [0.3, 0.4) is 0 Å². The molecule has 0 aliphatic heterocycles. The summed E-state index contributed by atoms with van der Waals surface area (Å²) in [6.45, 7) is 6.53. The number of hydrogen-bond donors (Lipinski definition) is 0. The molecule has 0 aromatic heterocycles. The number of carbonyl (C=O) groups excluding carboxylic acids is 3. The lowest BCUT2D eigenvalue weighted by atomic mass is 10.0. The van der Waals surface area contributed by atoms with Gasteiger partial charge >= 0.3 is 17.9 Å². The van der Waals surface area contributed by atoms with Crippen LogP contribution in [0, 0.1) is 0 Å². The second-order valence-electron chi connectivity index (χ2n) is 23.8. The maximum Gasteiger partial charge on any atom is 0.306 e. The molecule has 0 heterocycles. The van der Waals surface area contributed by atoms with Gasteiger partial charge in [-0.3, -0.25) is 14.4 Å². The van der Waals surface area contributed by atoms with Gasteiger partial charge in [0.15, 0.2) is 6.10 Å². The van der Waals surface area contributed by atoms with Crippen LogP contribution in [-0.2, 0) is 28.6 Å². The number of hydrogen-bond acceptors (Lipinski definition) is 6. The van der Waals surface area contributed by atoms with Crippen LogP contribution in [0.5, 0.6) is 0 Å². The first kappa shape index (κ1) is 79.3. The molecule has 0 aliphatic rings. The van der Waals surface area contributed by atoms with Gasteiger partial charge in [0.25, 0.3) is 0 Å². The summed E-state index contributed by atoms with van der Waals surface area (Å²) in [5, 5.41) is 0. The SMILES string of the molecule is CC/C=C\C/C=C\C/C=C\CCCCCCCC(=O)OCC(COC(=O)CCCCCCCCCCCCCCCCC/C=C\C/C=C\CCCCCCC)OC(=O)CCCCCCCCCC/C=C\C/C=C\C/C=C\CCCCCCC. The van der Waals surface area contributed by atoms with E-state index >= 15 is 0 Å². The second-order valence-corrected chi connectivity index (χ2v) is 23.8. The molecule has 0 rings (SSSR count). The van der Waals surface area contributed by atoms with Crippen molar-refractivity contribution in [1.82, 2.24) is 0 Å². The Balaban J connectivity index is 4.32. The first-order chi connectivity index (χ1) is 41.0. The molecule has 0 aromatic rings. The van der Waals surface area contributed by atoms with Crippen LogP contribution in [-0.4, -0.2) is 37.2 Å². The van der Waals surface area contributed by atoms with Crippen LogP contribution < -0.4 is 0 Å². The molecule has 0 bridgehead atoms. The van der Waals surface area contributed by atoms with Gasteiger partial charge in [0.05, 0.1) is 0 Å². The standard InChI is InChI=1S/C77H134O6/c1-4-7-10-13-16-19-22-25-28-30-32-34-36-37-38-39-41-42-44-46-49-52-55-58-61-64-67-70-76(79)82-73-74(72-81-75(78)69-66-63-60-57-54-51-48-27-24-21-18-15-12-9-6-3)83-77(80)71-68-65-62-59-56-53-50-47-45-43-40-35-33-31-29-26-23-20-17-14-11-8-5-2/h9,12,18,21-23,25-27,30-33,40,43,48,74H,4-8,10-11,13-17,19-20,24,28-29,34-39,41-42,44-47,49-73H2,1-3H3/b12-9-,21-18-,25-22-,26-23-,32-30-,33-31-,43-40-,48-27-. The lowest BCUT2D eigenvalue weighted by Crippen LogP contribution is -2.30. The second kappa shape index (κ2) is 70.8. The Kier molecular flexibility index (Phi) is 67.7. The van der Waals surface area contributed by atoms with Crippen molar-refractivity contribution in [2.45, 2.75) is 361 Å². The zero-order chi connectivity index (χ0) is 59.9. The molecular formula is C77H134O6. The Morgan fingerprint density at radius 3 is 0.735 bits per heavy atom. The zero-order valence-corrected chi connectivity index (χ0v) is 54.9. The number of esters is 3. The Morgan fingerprint density at radius 1 is 0.253 bits per heavy atom. The number of rotatable bonds is 65. The van der Waals surface area contributed by atoms with E-state index in [4.69, 9.17) is 14.2 Å². The van der Waals surface area contributed by atoms with E-state index in [1.165, 1.54) is 193 Å². The Hall–Kier alpha value is -3.67. The normalized spacial score (nSPS) is 12.7. The largest absolute Gasteiger partial charge is 0.462 e. The number of carbonyl (C=O) groups is 3. The van der Waals surface area contributed by atoms with Gasteiger partial charge in [0.2, 0.25) is 0 Å². The predicted octanol–water partition coefficient (Wildman–Crippen LogP) is 24.8. The van der Waals surface area contributed by atoms with Crippen LogP contribution in [0.4, 0.5) is 0 Å². The summed E-state index contributed by atoms with van der Waals surface area (Å²) in [7, 11) is 0. The number of unbranched alkanes of at least 4 members (excludes halogenated alkanes) is 38. The van der Waals surface area contributed by atoms with Gasteiger partial charge in [0.1, 0.15) is 13.2 Å². The van der Waals surface area contributed by atoms with Crippen LogP contribution in [0.1, 0.15) is 355 Å². The fraction of sp³-hybridized carbons (Fsp3) is 0.753. The maximum absolute atomic E-state index is 13.0. The Morgan fingerprint density at radius 2 is 0.470 bits per heavy atom. The first-order valence-corrected chi connectivity index (χ1v) is 35.7. The summed E-state index contributed by atoms with van der Waals surface area (Å²) in [5.41, 5.74) is 0. The van der Waals surface area contributed by atoms with E-state index in [9.17, 15) is 14.4 Å². The van der Waals surface area contributed by atoms with E-state index < -0.39 is 6.10 Å². The third-order valence-corrected chi connectivity index (χ3v) is 15.5. The van der Waals surface area contributed by atoms with E-state index in [1.807, 2.05) is 0 Å². The molecule has 478 valence electrons. The van der Waals surface area contributed by atoms with E-state index in [0.29, 0.717) is 19.3 Å². The molecule has 0 saturated heterocycles. The van der Waals surface area contributed by atoms with Crippen molar-refractivity contribution in [3.63, 3.8) is 0 Å². The van der Waals surface area contributed by atoms with Crippen molar-refractivity contribution in [2.24, 2.45) is 0 Å². The molecule has 1 atom stereocenters. The van der Waals surface area contributed by atoms with Crippen LogP contribution in [0.15, 0.2) is 97.2 Å². The molecule has 0 radical (unpaired) electrons. The molecule has 0 aromatic carbocycles. The predicted molar refractivity (Wildman–Crippen MR) is 362 cm³/mol. The average Bonchev–Trinajstić information content (AvgIpc) is 3.49. The molecule has 6 nitrogen and oxygen atoms in total. The van der Waals surface area contributed by atoms with Crippen molar-refractivity contribution in [2.75, 3.05) is 13.2 Å². The highest BCUT2D eigenvalue weighted by atomic mass is 16.6. The van der Waals surface area contributed by atoms with Crippen molar-refractivity contribution < 1.29 is 28.6 Å². The first-order valence-electron chi connectivity index (χ1n) is 35.7. The smallest absolute Gasteiger partial charge is 0.306 e. The van der Waals surface area contributed by atoms with E-state index in [-0.39, 0.29) is 31.1 Å². The molecular weight excluding hydrogens is 1020 g/mol. The quantitative estimate of drug-likeness (QED) is 0.0261. The van der Waals surface area contributed by atoms with Crippen LogP contribution in [0.25, 0.3) is 0 Å². The minimum Gasteiger partial charge on any atom is -0.462 e. The van der Waals surface area contributed by atoms with Gasteiger partial charge in [-0.15, -0.1) is 0 Å². The highest BCUT2D eigenvalue weighted by Crippen LogP contribution is 2.17. The molecule has 0 N–H and O–H groups in total. The molecule has 0 fully saturated rings. The van der Waals surface area contributed by atoms with Crippen molar-refractivity contribution in [1.29, 1.82) is 0 Å². The Labute approximate surface area is 515 Å². The third-order valence-electron chi connectivity index (χ3n) is 15.5. The summed E-state index contributed by atoms with van der Waals surface area (Å²) in [5.74, 6) is -0.894. The van der Waals surface area contributed by atoms with Gasteiger partial charge in [0, 0.05) is 19.3 Å². The van der Waals surface area contributed by atoms with Gasteiger partial charge in [-0.05, 0) is 122 Å². The monoisotopic (exact) mass is 1160 g/mol. The van der Waals surface area contributed by atoms with Crippen molar-refractivity contribution >= 4 is 17.9 Å². The summed E-state index contributed by atoms with van der Waals surface area (Å²) in [4.78, 5) is 38.5. The lowest BCUT2D eigenvalue weighted by Gasteiger charge is -2.18. The minimum atomic E-state index is -0.792. The topological polar surface area (TPSA) is 78.9 Å². The zero-order valence-electron chi connectivity index (χ0n) is 54.9. The summed E-state index contributed by atoms with van der Waals surface area (Å²) < 4.78 is 17.0. The fourth-order valence-corrected chi connectivity index (χ4v) is 10.2. The summed E-state index contributed by atoms with van der Waals surface area (Å²) >= 11 is 0. The van der Waals surface area contributed by atoms with E-state index in [2.05, 4.69) is 118 Å². The molecule has 0 saturated carbocycles. The van der Waals surface area contributed by atoms with E-state index in [1.54, 1.807) is 0 Å². The number of ether oxygens (including phenoxy) is 3. The van der Waals surface area contributed by atoms with Crippen molar-refractivity contribution in [3.8, 4) is 0 Å². The van der Waals surface area contributed by atoms with Crippen molar-refractivity contribution in [3.05, 3.63) is 97.2 Å². The van der Waals surface area contributed by atoms with Gasteiger partial charge in [-0.1, -0.05) is 311 Å². The van der Waals surface area contributed by atoms with Gasteiger partial charge < -0.3 is 14.2 Å². The highest BCUT2D eigenvalue weighted by Gasteiger charge is 2.19. The third kappa shape index (κ3) is 69.0. The summed E-state index contributed by atoms with van der Waals surface area (Å²) in [6, 6.07) is 0. The molecule has 1 unspecified atom stereocenters. The minimum absolute atomic E-state index is 0.0847. The molecule has 83 heavy (non-hydrogen) atoms. The fourth-order valence-electron chi connectivity index (χ4n) is 10.2. The molecule has 0 spiro atoms. The highest BCUT2D eigenvalue weighted by molar-refractivity contribution is 5.71. The maximum atomic E-state index is 13.0. The van der Waals surface area contributed by atoms with Crippen LogP contribution in [0.2, 0.25) is 0 Å². The van der Waals surface area contributed by atoms with Gasteiger partial charge in [-0.25, -0.2) is 0 Å². The lowest BCUT2D eigenvalue weighted by molar-refractivity contribution is -0.167. The average molecular weight is 1160 g/mol. The number of allylic oxidation sites excluding steroid dienone is 16. The van der Waals surface area contributed by atoms with E-state index in [0.717, 1.165) is 122 Å². The Bertz CT molecular complexity index is 1610. The summed E-state index contributed by atoms with van der Waals surface area (Å²) in [6.07, 6.45) is 95.8.